The van der Waals surface area contributed by atoms with E-state index in [1.807, 2.05) is 30.3 Å². The Morgan fingerprint density at radius 3 is 2.56 bits per heavy atom. The number of hydrogen-bond donors (Lipinski definition) is 1. The smallest absolute Gasteiger partial charge is 0.224 e. The number of likely N-dealkylation sites (tertiary alicyclic amines) is 1. The predicted molar refractivity (Wildman–Crippen MR) is 109 cm³/mol. The van der Waals surface area contributed by atoms with Gasteiger partial charge in [-0.1, -0.05) is 49.4 Å². The average molecular weight is 367 g/mol. The number of para-hydroxylation sites is 1. The fourth-order valence-electron chi connectivity index (χ4n) is 3.83. The van der Waals surface area contributed by atoms with Crippen molar-refractivity contribution in [3.8, 4) is 5.75 Å². The maximum atomic E-state index is 12.4. The van der Waals surface area contributed by atoms with Crippen LogP contribution in [0.2, 0.25) is 0 Å². The number of nitrogens with zero attached hydrogens (tertiary/aromatic N) is 1. The minimum atomic E-state index is 0.0147. The number of carbonyl (C=O) groups is 1. The Kier molecular flexibility index (Phi) is 6.88. The van der Waals surface area contributed by atoms with Crippen molar-refractivity contribution in [2.45, 2.75) is 39.3 Å². The molecule has 0 bridgehead atoms. The number of amides is 1. The fraction of sp³-hybridized carbons (Fsp3) is 0.435. The van der Waals surface area contributed by atoms with Gasteiger partial charge in [0.1, 0.15) is 5.75 Å². The molecule has 1 saturated heterocycles. The molecule has 0 unspecified atom stereocenters. The lowest BCUT2D eigenvalue weighted by atomic mass is 9.99. The van der Waals surface area contributed by atoms with Gasteiger partial charge >= 0.3 is 0 Å². The lowest BCUT2D eigenvalue weighted by molar-refractivity contribution is -0.120. The summed E-state index contributed by atoms with van der Waals surface area (Å²) in [7, 11) is 1.63. The molecule has 0 aliphatic carbocycles. The molecule has 1 aliphatic rings. The van der Waals surface area contributed by atoms with E-state index < -0.39 is 0 Å². The molecule has 1 atom stereocenters. The molecule has 144 valence electrons. The lowest BCUT2D eigenvalue weighted by Gasteiger charge is -2.31. The third-order valence-corrected chi connectivity index (χ3v) is 5.27. The first kappa shape index (κ1) is 19.4. The molecule has 0 radical (unpaired) electrons. The number of piperidine rings is 1. The SMILES string of the molecule is COc1ccccc1CC(=O)NCc1ccccc1CN1CCC[C@@H](C)C1. The van der Waals surface area contributed by atoms with Crippen LogP contribution in [0, 0.1) is 5.92 Å². The summed E-state index contributed by atoms with van der Waals surface area (Å²) in [5.74, 6) is 1.54. The maximum absolute atomic E-state index is 12.4. The average Bonchev–Trinajstić information content (AvgIpc) is 2.68. The second-order valence-electron chi connectivity index (χ2n) is 7.52. The summed E-state index contributed by atoms with van der Waals surface area (Å²) in [4.78, 5) is 15.0. The highest BCUT2D eigenvalue weighted by atomic mass is 16.5. The van der Waals surface area contributed by atoms with Crippen molar-refractivity contribution < 1.29 is 9.53 Å². The van der Waals surface area contributed by atoms with E-state index in [4.69, 9.17) is 4.74 Å². The van der Waals surface area contributed by atoms with Gasteiger partial charge in [-0.2, -0.15) is 0 Å². The summed E-state index contributed by atoms with van der Waals surface area (Å²) in [6, 6.07) is 16.1. The van der Waals surface area contributed by atoms with E-state index in [1.165, 1.54) is 30.5 Å². The molecule has 2 aromatic carbocycles. The van der Waals surface area contributed by atoms with Gasteiger partial charge in [0.15, 0.2) is 0 Å². The van der Waals surface area contributed by atoms with Crippen molar-refractivity contribution in [1.29, 1.82) is 0 Å². The summed E-state index contributed by atoms with van der Waals surface area (Å²) in [5, 5.41) is 3.07. The molecule has 4 heteroatoms. The second-order valence-corrected chi connectivity index (χ2v) is 7.52. The van der Waals surface area contributed by atoms with E-state index in [-0.39, 0.29) is 5.91 Å². The molecule has 4 nitrogen and oxygen atoms in total. The van der Waals surface area contributed by atoms with Crippen LogP contribution in [-0.4, -0.2) is 31.0 Å². The molecule has 27 heavy (non-hydrogen) atoms. The molecule has 1 heterocycles. The standard InChI is InChI=1S/C23H30N2O2/c1-18-8-7-13-25(16-18)17-21-11-4-3-10-20(21)15-24-23(26)14-19-9-5-6-12-22(19)27-2/h3-6,9-12,18H,7-8,13-17H2,1-2H3,(H,24,26)/t18-/m1/s1. The van der Waals surface area contributed by atoms with Crippen molar-refractivity contribution >= 4 is 5.91 Å². The van der Waals surface area contributed by atoms with Crippen LogP contribution in [0.25, 0.3) is 0 Å². The van der Waals surface area contributed by atoms with Crippen molar-refractivity contribution in [2.75, 3.05) is 20.2 Å². The first-order chi connectivity index (χ1) is 13.2. The minimum absolute atomic E-state index is 0.0147. The summed E-state index contributed by atoms with van der Waals surface area (Å²) in [6.07, 6.45) is 2.94. The summed E-state index contributed by atoms with van der Waals surface area (Å²) in [5.41, 5.74) is 3.42. The zero-order valence-corrected chi connectivity index (χ0v) is 16.4. The highest BCUT2D eigenvalue weighted by molar-refractivity contribution is 5.79. The van der Waals surface area contributed by atoms with Crippen molar-refractivity contribution in [2.24, 2.45) is 5.92 Å². The van der Waals surface area contributed by atoms with E-state index in [0.29, 0.717) is 13.0 Å². The Balaban J connectivity index is 1.58. The number of hydrogen-bond acceptors (Lipinski definition) is 3. The highest BCUT2D eigenvalue weighted by Gasteiger charge is 2.17. The number of carbonyl (C=O) groups excluding carboxylic acids is 1. The van der Waals surface area contributed by atoms with Gasteiger partial charge in [-0.15, -0.1) is 0 Å². The number of benzene rings is 2. The molecule has 0 aromatic heterocycles. The number of rotatable bonds is 7. The minimum Gasteiger partial charge on any atom is -0.496 e. The van der Waals surface area contributed by atoms with E-state index in [2.05, 4.69) is 35.3 Å². The normalized spacial score (nSPS) is 17.5. The van der Waals surface area contributed by atoms with Crippen molar-refractivity contribution in [1.82, 2.24) is 10.2 Å². The third-order valence-electron chi connectivity index (χ3n) is 5.27. The second kappa shape index (κ2) is 9.56. The lowest BCUT2D eigenvalue weighted by Crippen LogP contribution is -2.34. The largest absolute Gasteiger partial charge is 0.496 e. The zero-order valence-electron chi connectivity index (χ0n) is 16.4. The van der Waals surface area contributed by atoms with Crippen LogP contribution in [0.15, 0.2) is 48.5 Å². The molecule has 2 aromatic rings. The van der Waals surface area contributed by atoms with E-state index in [0.717, 1.165) is 30.3 Å². The van der Waals surface area contributed by atoms with Crippen LogP contribution in [0.4, 0.5) is 0 Å². The van der Waals surface area contributed by atoms with Crippen LogP contribution < -0.4 is 10.1 Å². The number of ether oxygens (including phenoxy) is 1. The van der Waals surface area contributed by atoms with Gasteiger partial charge in [-0.05, 0) is 42.5 Å². The number of nitrogens with one attached hydrogen (secondary N) is 1. The molecular formula is C23H30N2O2. The van der Waals surface area contributed by atoms with Crippen LogP contribution in [0.1, 0.15) is 36.5 Å². The summed E-state index contributed by atoms with van der Waals surface area (Å²) >= 11 is 0. The van der Waals surface area contributed by atoms with Gasteiger partial charge in [-0.25, -0.2) is 0 Å². The van der Waals surface area contributed by atoms with E-state index in [9.17, 15) is 4.79 Å². The van der Waals surface area contributed by atoms with Crippen LogP contribution in [0.5, 0.6) is 5.75 Å². The van der Waals surface area contributed by atoms with Gasteiger partial charge in [-0.3, -0.25) is 9.69 Å². The topological polar surface area (TPSA) is 41.6 Å². The quantitative estimate of drug-likeness (QED) is 0.811. The molecule has 0 spiro atoms. The zero-order chi connectivity index (χ0) is 19.1. The molecule has 1 N–H and O–H groups in total. The molecule has 0 saturated carbocycles. The summed E-state index contributed by atoms with van der Waals surface area (Å²) in [6.45, 7) is 6.18. The van der Waals surface area contributed by atoms with Gasteiger partial charge in [0.2, 0.25) is 5.91 Å². The number of methoxy groups -OCH3 is 1. The van der Waals surface area contributed by atoms with E-state index >= 15 is 0 Å². The molecule has 1 amide bonds. The fourth-order valence-corrected chi connectivity index (χ4v) is 3.83. The maximum Gasteiger partial charge on any atom is 0.224 e. The monoisotopic (exact) mass is 366 g/mol. The summed E-state index contributed by atoms with van der Waals surface area (Å²) < 4.78 is 5.34. The van der Waals surface area contributed by atoms with Crippen molar-refractivity contribution in [3.05, 3.63) is 65.2 Å². The first-order valence-electron chi connectivity index (χ1n) is 9.83. The van der Waals surface area contributed by atoms with Crippen molar-refractivity contribution in [3.63, 3.8) is 0 Å². The van der Waals surface area contributed by atoms with Gasteiger partial charge in [0, 0.05) is 25.2 Å². The molecule has 1 fully saturated rings. The molecule has 1 aliphatic heterocycles. The van der Waals surface area contributed by atoms with E-state index in [1.54, 1.807) is 7.11 Å². The Morgan fingerprint density at radius 1 is 1.11 bits per heavy atom. The Bertz CT molecular complexity index is 760. The van der Waals surface area contributed by atoms with Gasteiger partial charge < -0.3 is 10.1 Å². The first-order valence-corrected chi connectivity index (χ1v) is 9.83. The highest BCUT2D eigenvalue weighted by Crippen LogP contribution is 2.20. The Morgan fingerprint density at radius 2 is 1.81 bits per heavy atom. The predicted octanol–water partition coefficient (Wildman–Crippen LogP) is 3.79. The third kappa shape index (κ3) is 5.57. The molecule has 3 rings (SSSR count). The van der Waals surface area contributed by atoms with Gasteiger partial charge in [0.05, 0.1) is 13.5 Å². The van der Waals surface area contributed by atoms with Crippen LogP contribution in [-0.2, 0) is 24.3 Å². The van der Waals surface area contributed by atoms with Crippen LogP contribution in [0.3, 0.4) is 0 Å². The van der Waals surface area contributed by atoms with Gasteiger partial charge in [0.25, 0.3) is 0 Å². The Labute approximate surface area is 162 Å². The Hall–Kier alpha value is -2.33. The van der Waals surface area contributed by atoms with Crippen LogP contribution >= 0.6 is 0 Å². The molecular weight excluding hydrogens is 336 g/mol.